The predicted octanol–water partition coefficient (Wildman–Crippen LogP) is 3.88. The Labute approximate surface area is 153 Å². The Bertz CT molecular complexity index is 767. The van der Waals surface area contributed by atoms with Gasteiger partial charge in [0.05, 0.1) is 10.5 Å². The second-order valence-corrected chi connectivity index (χ2v) is 7.01. The molecule has 0 unspecified atom stereocenters. The highest BCUT2D eigenvalue weighted by molar-refractivity contribution is 5.90. The zero-order valence-electron chi connectivity index (χ0n) is 15.3. The predicted molar refractivity (Wildman–Crippen MR) is 100 cm³/mol. The van der Waals surface area contributed by atoms with Gasteiger partial charge in [-0.05, 0) is 51.4 Å². The van der Waals surface area contributed by atoms with Crippen LogP contribution in [0.25, 0.3) is 0 Å². The van der Waals surface area contributed by atoms with E-state index in [4.69, 9.17) is 4.74 Å². The minimum Gasteiger partial charge on any atom is -0.456 e. The molecule has 0 aromatic heterocycles. The summed E-state index contributed by atoms with van der Waals surface area (Å²) in [5, 5.41) is 14.5. The van der Waals surface area contributed by atoms with Crippen LogP contribution in [-0.4, -0.2) is 23.0 Å². The molecule has 2 aromatic rings. The maximum Gasteiger partial charge on any atom is 0.338 e. The van der Waals surface area contributed by atoms with E-state index < -0.39 is 16.5 Å². The lowest BCUT2D eigenvalue weighted by molar-refractivity contribution is -0.385. The number of nitro benzene ring substituents is 1. The maximum absolute atomic E-state index is 12.2. The fourth-order valence-corrected chi connectivity index (χ4v) is 2.47. The van der Waals surface area contributed by atoms with E-state index in [1.54, 1.807) is 20.8 Å². The van der Waals surface area contributed by atoms with Gasteiger partial charge in [-0.15, -0.1) is 0 Å². The summed E-state index contributed by atoms with van der Waals surface area (Å²) >= 11 is 0. The summed E-state index contributed by atoms with van der Waals surface area (Å²) in [5.41, 5.74) is 1.34. The van der Waals surface area contributed by atoms with Crippen LogP contribution in [0.4, 0.5) is 5.69 Å². The minimum absolute atomic E-state index is 0.00970. The summed E-state index contributed by atoms with van der Waals surface area (Å²) in [7, 11) is 0. The molecule has 1 N–H and O–H groups in total. The molecule has 0 amide bonds. The van der Waals surface area contributed by atoms with Gasteiger partial charge in [-0.25, -0.2) is 4.79 Å². The average molecular weight is 356 g/mol. The number of hydrogen-bond acceptors (Lipinski definition) is 5. The standard InChI is InChI=1S/C20H24N2O4/c1-20(2,3)26-19(23)16-9-10-18(22(24)25)17(13-16)14-21-12-11-15-7-5-4-6-8-15/h4-10,13,21H,11-12,14H2,1-3H3. The van der Waals surface area contributed by atoms with Crippen molar-refractivity contribution in [2.75, 3.05) is 6.54 Å². The van der Waals surface area contributed by atoms with Crippen LogP contribution in [0.2, 0.25) is 0 Å². The van der Waals surface area contributed by atoms with Crippen molar-refractivity contribution in [2.24, 2.45) is 0 Å². The zero-order chi connectivity index (χ0) is 19.2. The van der Waals surface area contributed by atoms with E-state index in [2.05, 4.69) is 5.32 Å². The van der Waals surface area contributed by atoms with Crippen molar-refractivity contribution in [3.8, 4) is 0 Å². The quantitative estimate of drug-likeness (QED) is 0.352. The molecule has 2 aromatic carbocycles. The number of esters is 1. The van der Waals surface area contributed by atoms with Crippen LogP contribution >= 0.6 is 0 Å². The Morgan fingerprint density at radius 3 is 2.46 bits per heavy atom. The summed E-state index contributed by atoms with van der Waals surface area (Å²) in [5.74, 6) is -0.488. The number of hydrogen-bond donors (Lipinski definition) is 1. The van der Waals surface area contributed by atoms with Crippen molar-refractivity contribution in [1.82, 2.24) is 5.32 Å². The number of carbonyl (C=O) groups excluding carboxylic acids is 1. The van der Waals surface area contributed by atoms with Crippen LogP contribution < -0.4 is 5.32 Å². The molecular formula is C20H24N2O4. The van der Waals surface area contributed by atoms with Gasteiger partial charge in [0.15, 0.2) is 0 Å². The molecule has 0 aliphatic heterocycles. The fourth-order valence-electron chi connectivity index (χ4n) is 2.47. The molecule has 0 aliphatic rings. The lowest BCUT2D eigenvalue weighted by Gasteiger charge is -2.19. The second kappa shape index (κ2) is 8.58. The Kier molecular flexibility index (Phi) is 6.46. The summed E-state index contributed by atoms with van der Waals surface area (Å²) in [4.78, 5) is 23.0. The third-order valence-corrected chi connectivity index (χ3v) is 3.66. The van der Waals surface area contributed by atoms with Gasteiger partial charge in [0.1, 0.15) is 5.60 Å². The molecule has 0 fully saturated rings. The molecule has 6 heteroatoms. The van der Waals surface area contributed by atoms with Crippen molar-refractivity contribution in [3.63, 3.8) is 0 Å². The van der Waals surface area contributed by atoms with E-state index in [0.29, 0.717) is 24.2 Å². The summed E-state index contributed by atoms with van der Waals surface area (Å²) in [6, 6.07) is 14.3. The molecule has 0 bridgehead atoms. The summed E-state index contributed by atoms with van der Waals surface area (Å²) in [6.45, 7) is 6.32. The maximum atomic E-state index is 12.2. The summed E-state index contributed by atoms with van der Waals surface area (Å²) < 4.78 is 5.33. The van der Waals surface area contributed by atoms with E-state index in [-0.39, 0.29) is 5.69 Å². The highest BCUT2D eigenvalue weighted by atomic mass is 16.6. The minimum atomic E-state index is -0.618. The molecule has 26 heavy (non-hydrogen) atoms. The lowest BCUT2D eigenvalue weighted by Crippen LogP contribution is -2.24. The average Bonchev–Trinajstić information content (AvgIpc) is 2.58. The Morgan fingerprint density at radius 2 is 1.85 bits per heavy atom. The van der Waals surface area contributed by atoms with E-state index in [1.807, 2.05) is 30.3 Å². The van der Waals surface area contributed by atoms with Crippen LogP contribution in [-0.2, 0) is 17.7 Å². The number of nitrogens with zero attached hydrogens (tertiary/aromatic N) is 1. The zero-order valence-corrected chi connectivity index (χ0v) is 15.3. The Balaban J connectivity index is 2.05. The molecule has 138 valence electrons. The van der Waals surface area contributed by atoms with E-state index in [0.717, 1.165) is 6.42 Å². The van der Waals surface area contributed by atoms with Crippen LogP contribution in [0, 0.1) is 10.1 Å². The van der Waals surface area contributed by atoms with Crippen molar-refractivity contribution in [2.45, 2.75) is 39.3 Å². The van der Waals surface area contributed by atoms with Gasteiger partial charge < -0.3 is 10.1 Å². The fraction of sp³-hybridized carbons (Fsp3) is 0.350. The summed E-state index contributed by atoms with van der Waals surface area (Å²) in [6.07, 6.45) is 0.820. The third-order valence-electron chi connectivity index (χ3n) is 3.66. The molecule has 0 saturated carbocycles. The first-order valence-electron chi connectivity index (χ1n) is 8.51. The molecule has 0 spiro atoms. The normalized spacial score (nSPS) is 11.2. The molecule has 0 radical (unpaired) electrons. The van der Waals surface area contributed by atoms with Crippen LogP contribution in [0.3, 0.4) is 0 Å². The molecule has 0 aliphatic carbocycles. The topological polar surface area (TPSA) is 81.5 Å². The molecular weight excluding hydrogens is 332 g/mol. The van der Waals surface area contributed by atoms with Gasteiger partial charge in [-0.2, -0.15) is 0 Å². The second-order valence-electron chi connectivity index (χ2n) is 7.01. The van der Waals surface area contributed by atoms with E-state index in [1.165, 1.54) is 23.8 Å². The Hall–Kier alpha value is -2.73. The van der Waals surface area contributed by atoms with Gasteiger partial charge in [-0.1, -0.05) is 30.3 Å². The number of carbonyl (C=O) groups is 1. The van der Waals surface area contributed by atoms with Crippen molar-refractivity contribution >= 4 is 11.7 Å². The van der Waals surface area contributed by atoms with Crippen LogP contribution in [0.1, 0.15) is 42.3 Å². The van der Waals surface area contributed by atoms with Gasteiger partial charge in [0.25, 0.3) is 5.69 Å². The highest BCUT2D eigenvalue weighted by Crippen LogP contribution is 2.22. The molecule has 0 heterocycles. The largest absolute Gasteiger partial charge is 0.456 e. The highest BCUT2D eigenvalue weighted by Gasteiger charge is 2.21. The van der Waals surface area contributed by atoms with Crippen molar-refractivity contribution < 1.29 is 14.5 Å². The van der Waals surface area contributed by atoms with Gasteiger partial charge in [0, 0.05) is 18.2 Å². The van der Waals surface area contributed by atoms with Crippen molar-refractivity contribution in [3.05, 3.63) is 75.3 Å². The first-order chi connectivity index (χ1) is 12.3. The lowest BCUT2D eigenvalue weighted by atomic mass is 10.1. The smallest absolute Gasteiger partial charge is 0.338 e. The van der Waals surface area contributed by atoms with Crippen molar-refractivity contribution in [1.29, 1.82) is 0 Å². The number of rotatable bonds is 7. The molecule has 0 atom stereocenters. The van der Waals surface area contributed by atoms with E-state index in [9.17, 15) is 14.9 Å². The first kappa shape index (κ1) is 19.6. The van der Waals surface area contributed by atoms with Crippen LogP contribution in [0.5, 0.6) is 0 Å². The number of ether oxygens (including phenoxy) is 1. The van der Waals surface area contributed by atoms with Gasteiger partial charge in [0.2, 0.25) is 0 Å². The van der Waals surface area contributed by atoms with E-state index >= 15 is 0 Å². The third kappa shape index (κ3) is 5.97. The molecule has 6 nitrogen and oxygen atoms in total. The molecule has 2 rings (SSSR count). The SMILES string of the molecule is CC(C)(C)OC(=O)c1ccc([N+](=O)[O-])c(CNCCc2ccccc2)c1. The molecule has 0 saturated heterocycles. The number of benzene rings is 2. The Morgan fingerprint density at radius 1 is 1.15 bits per heavy atom. The number of nitrogens with one attached hydrogen (secondary N) is 1. The van der Waals surface area contributed by atoms with Gasteiger partial charge in [-0.3, -0.25) is 10.1 Å². The monoisotopic (exact) mass is 356 g/mol. The van der Waals surface area contributed by atoms with Gasteiger partial charge >= 0.3 is 5.97 Å². The number of nitro groups is 1. The van der Waals surface area contributed by atoms with Crippen LogP contribution in [0.15, 0.2) is 48.5 Å². The first-order valence-corrected chi connectivity index (χ1v) is 8.51.